The highest BCUT2D eigenvalue weighted by atomic mass is 19.2. The van der Waals surface area contributed by atoms with Crippen LogP contribution in [0.4, 0.5) is 28.9 Å². The molecule has 26 heavy (non-hydrogen) atoms. The summed E-state index contributed by atoms with van der Waals surface area (Å²) >= 11 is 0. The van der Waals surface area contributed by atoms with E-state index in [9.17, 15) is 36.7 Å². The van der Waals surface area contributed by atoms with Crippen molar-refractivity contribution in [1.82, 2.24) is 0 Å². The number of carbonyl (C=O) groups excluding carboxylic acids is 2. The molecule has 0 aliphatic carbocycles. The molecule has 1 rings (SSSR count). The van der Waals surface area contributed by atoms with E-state index in [1.54, 1.807) is 0 Å². The second-order valence-corrected chi connectivity index (χ2v) is 4.33. The SMILES string of the molecule is O=C(O)/C=C\C(=O)Nc1c(F)c(F)c(F)c(NC(=O)/C=C\C(=O)O)c1F. The molecule has 1 aromatic carbocycles. The first kappa shape index (κ1) is 20.3. The summed E-state index contributed by atoms with van der Waals surface area (Å²) in [5, 5.41) is 19.6. The lowest BCUT2D eigenvalue weighted by Crippen LogP contribution is -2.18. The third-order valence-corrected chi connectivity index (χ3v) is 2.51. The minimum Gasteiger partial charge on any atom is -0.478 e. The van der Waals surface area contributed by atoms with Crippen LogP contribution >= 0.6 is 0 Å². The lowest BCUT2D eigenvalue weighted by Gasteiger charge is -2.12. The van der Waals surface area contributed by atoms with Crippen molar-refractivity contribution in [1.29, 1.82) is 0 Å². The predicted octanol–water partition coefficient (Wildman–Crippen LogP) is 1.40. The second-order valence-electron chi connectivity index (χ2n) is 4.33. The van der Waals surface area contributed by atoms with Crippen LogP contribution in [0.5, 0.6) is 0 Å². The first-order valence-electron chi connectivity index (χ1n) is 6.34. The fourth-order valence-corrected chi connectivity index (χ4v) is 1.48. The van der Waals surface area contributed by atoms with E-state index in [-0.39, 0.29) is 0 Å². The highest BCUT2D eigenvalue weighted by Gasteiger charge is 2.27. The van der Waals surface area contributed by atoms with Crippen LogP contribution in [0.2, 0.25) is 0 Å². The number of carboxylic acids is 2. The molecule has 0 atom stereocenters. The smallest absolute Gasteiger partial charge is 0.328 e. The van der Waals surface area contributed by atoms with Crippen molar-refractivity contribution in [3.63, 3.8) is 0 Å². The Kier molecular flexibility index (Phi) is 6.58. The van der Waals surface area contributed by atoms with Crippen LogP contribution in [-0.2, 0) is 19.2 Å². The maximum absolute atomic E-state index is 14.1. The van der Waals surface area contributed by atoms with Gasteiger partial charge in [-0.25, -0.2) is 27.2 Å². The third-order valence-electron chi connectivity index (χ3n) is 2.51. The van der Waals surface area contributed by atoms with Gasteiger partial charge in [0.2, 0.25) is 11.8 Å². The van der Waals surface area contributed by atoms with Crippen molar-refractivity contribution >= 4 is 35.1 Å². The Balaban J connectivity index is 3.27. The number of hydrogen-bond donors (Lipinski definition) is 4. The number of halogens is 4. The molecule has 0 bridgehead atoms. The van der Waals surface area contributed by atoms with E-state index in [4.69, 9.17) is 10.2 Å². The number of benzene rings is 1. The van der Waals surface area contributed by atoms with E-state index in [0.717, 1.165) is 0 Å². The van der Waals surface area contributed by atoms with Crippen molar-refractivity contribution in [2.24, 2.45) is 0 Å². The summed E-state index contributed by atoms with van der Waals surface area (Å²) in [7, 11) is 0. The average Bonchev–Trinajstić information content (AvgIpc) is 2.57. The number of anilines is 2. The van der Waals surface area contributed by atoms with Crippen LogP contribution in [0.15, 0.2) is 24.3 Å². The quantitative estimate of drug-likeness (QED) is 0.257. The van der Waals surface area contributed by atoms with Gasteiger partial charge < -0.3 is 20.8 Å². The molecule has 8 nitrogen and oxygen atoms in total. The summed E-state index contributed by atoms with van der Waals surface area (Å²) in [6.07, 6.45) is 1.31. The fourth-order valence-electron chi connectivity index (χ4n) is 1.48. The van der Waals surface area contributed by atoms with Gasteiger partial charge in [0.15, 0.2) is 23.3 Å². The van der Waals surface area contributed by atoms with Crippen LogP contribution in [-0.4, -0.2) is 34.0 Å². The van der Waals surface area contributed by atoms with Crippen LogP contribution < -0.4 is 10.6 Å². The maximum Gasteiger partial charge on any atom is 0.328 e. The number of nitrogens with one attached hydrogen (secondary N) is 2. The highest BCUT2D eigenvalue weighted by Crippen LogP contribution is 2.31. The Hall–Kier alpha value is -3.70. The lowest BCUT2D eigenvalue weighted by atomic mass is 10.2. The normalized spacial score (nSPS) is 10.9. The van der Waals surface area contributed by atoms with E-state index >= 15 is 0 Å². The van der Waals surface area contributed by atoms with Gasteiger partial charge in [-0.05, 0) is 0 Å². The van der Waals surface area contributed by atoms with E-state index in [1.807, 2.05) is 0 Å². The summed E-state index contributed by atoms with van der Waals surface area (Å²) in [4.78, 5) is 43.2. The van der Waals surface area contributed by atoms with E-state index < -0.39 is 58.4 Å². The van der Waals surface area contributed by atoms with E-state index in [2.05, 4.69) is 0 Å². The zero-order chi connectivity index (χ0) is 20.0. The Morgan fingerprint density at radius 1 is 0.615 bits per heavy atom. The molecule has 0 aliphatic heterocycles. The summed E-state index contributed by atoms with van der Waals surface area (Å²) in [6.45, 7) is 0. The Bertz CT molecular complexity index is 785. The standard InChI is InChI=1S/C14H8F4N2O6/c15-9-10(16)13(19-5(21)1-3-7(23)24)12(18)14(11(9)17)20-6(22)2-4-8(25)26/h1-4H,(H,19,21)(H,20,22)(H,23,24)(H,25,26)/b3-1-,4-2-. The lowest BCUT2D eigenvalue weighted by molar-refractivity contribution is -0.132. The molecule has 0 heterocycles. The molecule has 2 amide bonds. The third kappa shape index (κ3) is 5.15. The molecule has 0 saturated carbocycles. The maximum atomic E-state index is 14.1. The Labute approximate surface area is 141 Å². The van der Waals surface area contributed by atoms with Crippen molar-refractivity contribution < 1.29 is 47.0 Å². The molecule has 0 aromatic heterocycles. The fraction of sp³-hybridized carbons (Fsp3) is 0. The largest absolute Gasteiger partial charge is 0.478 e. The first-order chi connectivity index (χ1) is 12.0. The van der Waals surface area contributed by atoms with Gasteiger partial charge in [0.25, 0.3) is 0 Å². The molecule has 1 aromatic rings. The minimum absolute atomic E-state index is 0.310. The van der Waals surface area contributed by atoms with Crippen LogP contribution in [0.1, 0.15) is 0 Å². The second kappa shape index (κ2) is 8.41. The molecule has 138 valence electrons. The van der Waals surface area contributed by atoms with Gasteiger partial charge in [0, 0.05) is 24.3 Å². The number of rotatable bonds is 6. The molecule has 12 heteroatoms. The highest BCUT2D eigenvalue weighted by molar-refractivity contribution is 6.04. The Morgan fingerprint density at radius 3 is 1.27 bits per heavy atom. The average molecular weight is 376 g/mol. The van der Waals surface area contributed by atoms with Crippen molar-refractivity contribution in [3.8, 4) is 0 Å². The van der Waals surface area contributed by atoms with Gasteiger partial charge in [0.05, 0.1) is 0 Å². The molecular weight excluding hydrogens is 368 g/mol. The monoisotopic (exact) mass is 376 g/mol. The summed E-state index contributed by atoms with van der Waals surface area (Å²) in [5.74, 6) is -14.4. The summed E-state index contributed by atoms with van der Waals surface area (Å²) in [6, 6.07) is 0. The van der Waals surface area contributed by atoms with E-state index in [1.165, 1.54) is 10.6 Å². The predicted molar refractivity (Wildman–Crippen MR) is 77.1 cm³/mol. The van der Waals surface area contributed by atoms with Gasteiger partial charge >= 0.3 is 11.9 Å². The number of hydrogen-bond acceptors (Lipinski definition) is 4. The van der Waals surface area contributed by atoms with Gasteiger partial charge in [-0.15, -0.1) is 0 Å². The van der Waals surface area contributed by atoms with Gasteiger partial charge in [-0.1, -0.05) is 0 Å². The number of amides is 2. The van der Waals surface area contributed by atoms with Crippen LogP contribution in [0.3, 0.4) is 0 Å². The van der Waals surface area contributed by atoms with Crippen LogP contribution in [0, 0.1) is 23.3 Å². The van der Waals surface area contributed by atoms with Gasteiger partial charge in [-0.3, -0.25) is 9.59 Å². The molecule has 0 aliphatic rings. The minimum atomic E-state index is -2.25. The molecule has 0 saturated heterocycles. The number of carbonyl (C=O) groups is 4. The van der Waals surface area contributed by atoms with Crippen LogP contribution in [0.25, 0.3) is 0 Å². The summed E-state index contributed by atoms with van der Waals surface area (Å²) < 4.78 is 54.9. The number of aliphatic carboxylic acids is 2. The number of carboxylic acid groups (broad SMARTS) is 2. The van der Waals surface area contributed by atoms with Gasteiger partial charge in [-0.2, -0.15) is 0 Å². The first-order valence-corrected chi connectivity index (χ1v) is 6.34. The zero-order valence-electron chi connectivity index (χ0n) is 12.3. The molecular formula is C14H8F4N2O6. The Morgan fingerprint density at radius 2 is 0.962 bits per heavy atom. The zero-order valence-corrected chi connectivity index (χ0v) is 12.3. The van der Waals surface area contributed by atoms with Crippen molar-refractivity contribution in [3.05, 3.63) is 47.6 Å². The summed E-state index contributed by atoms with van der Waals surface area (Å²) in [5.41, 5.74) is -3.00. The molecule has 0 radical (unpaired) electrons. The van der Waals surface area contributed by atoms with Crippen molar-refractivity contribution in [2.75, 3.05) is 10.6 Å². The van der Waals surface area contributed by atoms with Crippen molar-refractivity contribution in [2.45, 2.75) is 0 Å². The molecule has 0 unspecified atom stereocenters. The molecule has 4 N–H and O–H groups in total. The van der Waals surface area contributed by atoms with Gasteiger partial charge in [0.1, 0.15) is 11.4 Å². The molecule has 0 spiro atoms. The van der Waals surface area contributed by atoms with E-state index in [0.29, 0.717) is 24.3 Å². The molecule has 0 fully saturated rings. The topological polar surface area (TPSA) is 133 Å².